The monoisotopic (exact) mass is 630 g/mol. The summed E-state index contributed by atoms with van der Waals surface area (Å²) >= 11 is 2.00. The molecule has 48 heavy (non-hydrogen) atoms. The van der Waals surface area contributed by atoms with Crippen molar-refractivity contribution in [3.8, 4) is 39.2 Å². The Bertz CT molecular complexity index is 2590. The van der Waals surface area contributed by atoms with Gasteiger partial charge in [0.1, 0.15) is 5.82 Å². The summed E-state index contributed by atoms with van der Waals surface area (Å²) < 4.78 is 2.38. The van der Waals surface area contributed by atoms with E-state index in [4.69, 9.17) is 4.98 Å². The molecule has 3 heteroatoms. The lowest BCUT2D eigenvalue weighted by molar-refractivity contribution is 0.883. The normalized spacial score (nSPS) is 16.5. The summed E-state index contributed by atoms with van der Waals surface area (Å²) in [7, 11) is 0. The SMILES string of the molecule is C1=CC2Sc3c(ccc4c3c3ccccc3n4-c3cc(-c4cccc(-c5ccc(-c6ccccc6)cc5)c4)c4ccccc4n3)C2C=C1. The summed E-state index contributed by atoms with van der Waals surface area (Å²) in [6.07, 6.45) is 9.09. The second-order valence-electron chi connectivity index (χ2n) is 12.7. The van der Waals surface area contributed by atoms with Crippen LogP contribution in [0.5, 0.6) is 0 Å². The molecule has 0 N–H and O–H groups in total. The van der Waals surface area contributed by atoms with Crippen LogP contribution in [0.25, 0.3) is 71.9 Å². The first-order valence-corrected chi connectivity index (χ1v) is 17.4. The van der Waals surface area contributed by atoms with Crippen LogP contribution in [0.4, 0.5) is 0 Å². The zero-order chi connectivity index (χ0) is 31.6. The average molecular weight is 631 g/mol. The van der Waals surface area contributed by atoms with Gasteiger partial charge in [-0.3, -0.25) is 4.57 Å². The predicted molar refractivity (Wildman–Crippen MR) is 203 cm³/mol. The first-order valence-electron chi connectivity index (χ1n) is 16.5. The summed E-state index contributed by atoms with van der Waals surface area (Å²) in [5.41, 5.74) is 12.0. The van der Waals surface area contributed by atoms with Gasteiger partial charge in [-0.1, -0.05) is 140 Å². The third-order valence-electron chi connectivity index (χ3n) is 9.95. The molecule has 2 aliphatic rings. The lowest BCUT2D eigenvalue weighted by atomic mass is 9.91. The standard InChI is InChI=1S/C45H30N2S/c1-2-11-29(12-3-1)30-21-23-31(24-22-30)32-13-10-14-33(27-32)38-28-43(46-39-18-7-4-15-34(38)39)47-40-19-8-5-17-37(40)44-41(47)26-25-36-35-16-6-9-20-42(35)48-45(36)44/h1-28,35,42H. The number of fused-ring (bicyclic) bond motifs is 8. The number of hydrogen-bond acceptors (Lipinski definition) is 2. The summed E-state index contributed by atoms with van der Waals surface area (Å²) in [6, 6.07) is 52.7. The molecular formula is C45H30N2S. The Morgan fingerprint density at radius 2 is 1.21 bits per heavy atom. The second-order valence-corrected chi connectivity index (χ2v) is 13.9. The third-order valence-corrected chi connectivity index (χ3v) is 11.3. The van der Waals surface area contributed by atoms with Crippen LogP contribution in [0.1, 0.15) is 11.5 Å². The highest BCUT2D eigenvalue weighted by molar-refractivity contribution is 8.00. The minimum absolute atomic E-state index is 0.425. The van der Waals surface area contributed by atoms with Crippen LogP contribution in [0.2, 0.25) is 0 Å². The van der Waals surface area contributed by atoms with Crippen molar-refractivity contribution in [1.29, 1.82) is 0 Å². The van der Waals surface area contributed by atoms with Crippen LogP contribution in [0, 0.1) is 0 Å². The Hall–Kier alpha value is -5.64. The summed E-state index contributed by atoms with van der Waals surface area (Å²) in [6.45, 7) is 0. The van der Waals surface area contributed by atoms with Gasteiger partial charge in [-0.15, -0.1) is 11.8 Å². The second kappa shape index (κ2) is 11.0. The van der Waals surface area contributed by atoms with E-state index in [1.54, 1.807) is 0 Å². The van der Waals surface area contributed by atoms with Crippen LogP contribution in [-0.2, 0) is 0 Å². The molecule has 0 radical (unpaired) electrons. The molecule has 0 saturated heterocycles. The molecule has 8 aromatic rings. The largest absolute Gasteiger partial charge is 0.294 e. The molecule has 6 aromatic carbocycles. The van der Waals surface area contributed by atoms with Gasteiger partial charge in [0.25, 0.3) is 0 Å². The zero-order valence-corrected chi connectivity index (χ0v) is 26.9. The van der Waals surface area contributed by atoms with Gasteiger partial charge < -0.3 is 0 Å². The van der Waals surface area contributed by atoms with Gasteiger partial charge in [0.2, 0.25) is 0 Å². The van der Waals surface area contributed by atoms with E-state index in [0.717, 1.165) is 16.7 Å². The first-order chi connectivity index (χ1) is 23.8. The molecule has 0 bridgehead atoms. The van der Waals surface area contributed by atoms with E-state index in [1.165, 1.54) is 65.6 Å². The van der Waals surface area contributed by atoms with Crippen molar-refractivity contribution in [3.05, 3.63) is 175 Å². The highest BCUT2D eigenvalue weighted by atomic mass is 32.2. The van der Waals surface area contributed by atoms with E-state index >= 15 is 0 Å². The minimum atomic E-state index is 0.425. The maximum atomic E-state index is 5.32. The number of rotatable bonds is 4. The molecule has 1 aliphatic heterocycles. The molecule has 3 heterocycles. The van der Waals surface area contributed by atoms with Gasteiger partial charge in [-0.2, -0.15) is 0 Å². The van der Waals surface area contributed by atoms with Crippen molar-refractivity contribution in [2.75, 3.05) is 0 Å². The van der Waals surface area contributed by atoms with Crippen molar-refractivity contribution < 1.29 is 0 Å². The molecular weight excluding hydrogens is 601 g/mol. The smallest absolute Gasteiger partial charge is 0.138 e. The van der Waals surface area contributed by atoms with E-state index in [-0.39, 0.29) is 0 Å². The maximum Gasteiger partial charge on any atom is 0.138 e. The Kier molecular flexibility index (Phi) is 6.28. The number of allylic oxidation sites excluding steroid dienone is 3. The number of pyridine rings is 1. The van der Waals surface area contributed by atoms with Gasteiger partial charge in [0.15, 0.2) is 0 Å². The fourth-order valence-corrected chi connectivity index (χ4v) is 9.16. The minimum Gasteiger partial charge on any atom is -0.294 e. The van der Waals surface area contributed by atoms with E-state index < -0.39 is 0 Å². The first kappa shape index (κ1) is 27.5. The molecule has 0 spiro atoms. The summed E-state index contributed by atoms with van der Waals surface area (Å²) in [5.74, 6) is 1.36. The molecule has 0 saturated carbocycles. The van der Waals surface area contributed by atoms with E-state index in [2.05, 4.69) is 174 Å². The lowest BCUT2D eigenvalue weighted by Crippen LogP contribution is -2.06. The Labute approximate surface area is 283 Å². The highest BCUT2D eigenvalue weighted by Crippen LogP contribution is 2.52. The third kappa shape index (κ3) is 4.32. The van der Waals surface area contributed by atoms with Gasteiger partial charge in [-0.25, -0.2) is 4.98 Å². The Morgan fingerprint density at radius 3 is 2.08 bits per heavy atom. The summed E-state index contributed by atoms with van der Waals surface area (Å²) in [4.78, 5) is 6.73. The number of aromatic nitrogens is 2. The van der Waals surface area contributed by atoms with E-state index in [9.17, 15) is 0 Å². The zero-order valence-electron chi connectivity index (χ0n) is 26.1. The van der Waals surface area contributed by atoms with Gasteiger partial charge in [0, 0.05) is 32.2 Å². The van der Waals surface area contributed by atoms with Crippen LogP contribution in [-0.4, -0.2) is 14.8 Å². The topological polar surface area (TPSA) is 17.8 Å². The van der Waals surface area contributed by atoms with Crippen molar-refractivity contribution >= 4 is 44.5 Å². The number of hydrogen-bond donors (Lipinski definition) is 0. The molecule has 0 fully saturated rings. The van der Waals surface area contributed by atoms with Crippen LogP contribution in [0.15, 0.2) is 175 Å². The molecule has 2 aromatic heterocycles. The van der Waals surface area contributed by atoms with Crippen LogP contribution < -0.4 is 0 Å². The average Bonchev–Trinajstić information content (AvgIpc) is 3.71. The van der Waals surface area contributed by atoms with Gasteiger partial charge in [0.05, 0.1) is 16.6 Å². The highest BCUT2D eigenvalue weighted by Gasteiger charge is 2.33. The number of thioether (sulfide) groups is 1. The molecule has 2 atom stereocenters. The molecule has 10 rings (SSSR count). The van der Waals surface area contributed by atoms with Crippen molar-refractivity contribution in [3.63, 3.8) is 0 Å². The molecule has 2 nitrogen and oxygen atoms in total. The van der Waals surface area contributed by atoms with Crippen LogP contribution in [0.3, 0.4) is 0 Å². The van der Waals surface area contributed by atoms with E-state index in [0.29, 0.717) is 11.2 Å². The van der Waals surface area contributed by atoms with Gasteiger partial charge in [-0.05, 0) is 69.3 Å². The molecule has 226 valence electrons. The Balaban J connectivity index is 1.14. The van der Waals surface area contributed by atoms with Gasteiger partial charge >= 0.3 is 0 Å². The molecule has 0 amide bonds. The summed E-state index contributed by atoms with van der Waals surface area (Å²) in [5, 5.41) is 4.21. The van der Waals surface area contributed by atoms with Crippen molar-refractivity contribution in [2.45, 2.75) is 16.1 Å². The Morgan fingerprint density at radius 1 is 0.521 bits per heavy atom. The fraction of sp³-hybridized carbons (Fsp3) is 0.0444. The van der Waals surface area contributed by atoms with Crippen molar-refractivity contribution in [1.82, 2.24) is 9.55 Å². The molecule has 2 unspecified atom stereocenters. The van der Waals surface area contributed by atoms with Crippen molar-refractivity contribution in [2.24, 2.45) is 0 Å². The predicted octanol–water partition coefficient (Wildman–Crippen LogP) is 12.0. The lowest BCUT2D eigenvalue weighted by Gasteiger charge is -2.15. The fourth-order valence-electron chi connectivity index (χ4n) is 7.66. The quantitative estimate of drug-likeness (QED) is 0.193. The number of benzene rings is 6. The van der Waals surface area contributed by atoms with Crippen LogP contribution >= 0.6 is 11.8 Å². The van der Waals surface area contributed by atoms with E-state index in [1.807, 2.05) is 11.8 Å². The number of nitrogens with zero attached hydrogens (tertiary/aromatic N) is 2. The number of para-hydroxylation sites is 2. The maximum absolute atomic E-state index is 5.32. The molecule has 1 aliphatic carbocycles.